The molecular formula is C17H11BrClNO. The van der Waals surface area contributed by atoms with Gasteiger partial charge in [0.1, 0.15) is 5.03 Å². The topological polar surface area (TPSA) is 26.0 Å². The van der Waals surface area contributed by atoms with Crippen LogP contribution in [0.5, 0.6) is 0 Å². The van der Waals surface area contributed by atoms with E-state index in [9.17, 15) is 0 Å². The van der Waals surface area contributed by atoms with Crippen LogP contribution in [0.15, 0.2) is 69.7 Å². The Bertz CT molecular complexity index is 763. The van der Waals surface area contributed by atoms with Gasteiger partial charge in [-0.2, -0.15) is 0 Å². The zero-order valence-corrected chi connectivity index (χ0v) is 13.3. The molecule has 104 valence electrons. The van der Waals surface area contributed by atoms with Gasteiger partial charge in [-0.1, -0.05) is 70.0 Å². The molecule has 3 aromatic rings. The molecule has 0 radical (unpaired) electrons. The normalized spacial score (nSPS) is 11.6. The molecule has 0 saturated heterocycles. The molecule has 0 aliphatic carbocycles. The molecule has 0 aliphatic rings. The summed E-state index contributed by atoms with van der Waals surface area (Å²) in [5.41, 5.74) is 1.96. The first-order valence-electron chi connectivity index (χ1n) is 6.37. The third kappa shape index (κ3) is 3.43. The molecule has 3 rings (SSSR count). The van der Waals surface area contributed by atoms with Crippen LogP contribution in [-0.4, -0.2) is 4.98 Å². The molecule has 0 spiro atoms. The van der Waals surface area contributed by atoms with Gasteiger partial charge in [0.25, 0.3) is 0 Å². The molecule has 0 unspecified atom stereocenters. The molecule has 0 aliphatic heterocycles. The zero-order valence-electron chi connectivity index (χ0n) is 11.0. The minimum absolute atomic E-state index is 0.415. The molecule has 1 heterocycles. The lowest BCUT2D eigenvalue weighted by Crippen LogP contribution is -1.77. The summed E-state index contributed by atoms with van der Waals surface area (Å²) in [5.74, 6) is 1.12. The Kier molecular flexibility index (Phi) is 4.23. The van der Waals surface area contributed by atoms with Crippen LogP contribution in [0, 0.1) is 0 Å². The minimum Gasteiger partial charge on any atom is -0.435 e. The summed E-state index contributed by atoms with van der Waals surface area (Å²) in [7, 11) is 0. The second-order valence-electron chi connectivity index (χ2n) is 4.44. The first-order valence-corrected chi connectivity index (χ1v) is 7.54. The quantitative estimate of drug-likeness (QED) is 0.586. The van der Waals surface area contributed by atoms with Gasteiger partial charge in [0.2, 0.25) is 5.89 Å². The highest BCUT2D eigenvalue weighted by molar-refractivity contribution is 9.10. The number of benzene rings is 2. The van der Waals surface area contributed by atoms with Crippen molar-refractivity contribution in [1.29, 1.82) is 0 Å². The predicted molar refractivity (Wildman–Crippen MR) is 89.8 cm³/mol. The second-order valence-corrected chi connectivity index (χ2v) is 5.76. The fourth-order valence-corrected chi connectivity index (χ4v) is 2.37. The zero-order chi connectivity index (χ0) is 14.7. The maximum absolute atomic E-state index is 6.27. The number of hydrogen-bond acceptors (Lipinski definition) is 2. The lowest BCUT2D eigenvalue weighted by atomic mass is 10.2. The van der Waals surface area contributed by atoms with Gasteiger partial charge in [-0.05, 0) is 23.8 Å². The summed E-state index contributed by atoms with van der Waals surface area (Å²) in [6, 6.07) is 17.7. The van der Waals surface area contributed by atoms with Crippen molar-refractivity contribution in [3.63, 3.8) is 0 Å². The highest BCUT2D eigenvalue weighted by Crippen LogP contribution is 2.27. The van der Waals surface area contributed by atoms with Crippen molar-refractivity contribution in [2.24, 2.45) is 0 Å². The number of halogens is 2. The lowest BCUT2D eigenvalue weighted by molar-refractivity contribution is 0.559. The van der Waals surface area contributed by atoms with E-state index in [1.165, 1.54) is 0 Å². The molecule has 0 fully saturated rings. The molecule has 21 heavy (non-hydrogen) atoms. The van der Waals surface area contributed by atoms with E-state index in [1.54, 1.807) is 6.20 Å². The molecule has 2 aromatic carbocycles. The number of aromatic nitrogens is 1. The molecule has 0 amide bonds. The van der Waals surface area contributed by atoms with Gasteiger partial charge < -0.3 is 4.42 Å². The Hall–Kier alpha value is -1.84. The number of nitrogens with zero attached hydrogens (tertiary/aromatic N) is 1. The molecular weight excluding hydrogens is 350 g/mol. The molecule has 0 saturated carbocycles. The van der Waals surface area contributed by atoms with E-state index in [1.807, 2.05) is 60.7 Å². The van der Waals surface area contributed by atoms with Gasteiger partial charge in [0.15, 0.2) is 5.76 Å². The van der Waals surface area contributed by atoms with E-state index < -0.39 is 0 Å². The average Bonchev–Trinajstić information content (AvgIpc) is 3.00. The van der Waals surface area contributed by atoms with Crippen LogP contribution in [0.1, 0.15) is 11.5 Å². The van der Waals surface area contributed by atoms with Crippen molar-refractivity contribution in [3.8, 4) is 11.3 Å². The van der Waals surface area contributed by atoms with Gasteiger partial charge in [-0.25, -0.2) is 4.98 Å². The van der Waals surface area contributed by atoms with E-state index in [2.05, 4.69) is 20.9 Å². The molecule has 0 atom stereocenters. The summed E-state index contributed by atoms with van der Waals surface area (Å²) < 4.78 is 6.73. The maximum atomic E-state index is 6.27. The molecule has 2 nitrogen and oxygen atoms in total. The summed E-state index contributed by atoms with van der Waals surface area (Å²) >= 11 is 9.68. The number of hydrogen-bond donors (Lipinski definition) is 0. The van der Waals surface area contributed by atoms with Gasteiger partial charge in [-0.15, -0.1) is 0 Å². The Labute approximate surface area is 136 Å². The van der Waals surface area contributed by atoms with E-state index in [-0.39, 0.29) is 0 Å². The molecule has 0 bridgehead atoms. The summed E-state index contributed by atoms with van der Waals surface area (Å²) in [5, 5.41) is 0.472. The van der Waals surface area contributed by atoms with Crippen molar-refractivity contribution in [1.82, 2.24) is 4.98 Å². The van der Waals surface area contributed by atoms with Gasteiger partial charge >= 0.3 is 0 Å². The summed E-state index contributed by atoms with van der Waals surface area (Å²) in [6.07, 6.45) is 3.51. The Morgan fingerprint density at radius 3 is 2.48 bits per heavy atom. The van der Waals surface area contributed by atoms with Gasteiger partial charge in [0.05, 0.1) is 6.20 Å². The fraction of sp³-hybridized carbons (Fsp3) is 0. The van der Waals surface area contributed by atoms with E-state index in [0.29, 0.717) is 16.7 Å². The van der Waals surface area contributed by atoms with E-state index >= 15 is 0 Å². The van der Waals surface area contributed by atoms with Crippen LogP contribution in [-0.2, 0) is 0 Å². The second kappa shape index (κ2) is 6.29. The van der Waals surface area contributed by atoms with Crippen LogP contribution < -0.4 is 0 Å². The SMILES string of the molecule is ClC(=Cc1ccc(Br)cc1)c1ncc(-c2ccccc2)o1. The van der Waals surface area contributed by atoms with Gasteiger partial charge in [0, 0.05) is 10.0 Å². The molecule has 0 N–H and O–H groups in total. The van der Waals surface area contributed by atoms with E-state index in [0.717, 1.165) is 15.6 Å². The van der Waals surface area contributed by atoms with Crippen molar-refractivity contribution < 1.29 is 4.42 Å². The largest absolute Gasteiger partial charge is 0.435 e. The average molecular weight is 361 g/mol. The third-order valence-electron chi connectivity index (χ3n) is 2.93. The highest BCUT2D eigenvalue weighted by Gasteiger charge is 2.09. The predicted octanol–water partition coefficient (Wildman–Crippen LogP) is 5.84. The monoisotopic (exact) mass is 359 g/mol. The lowest BCUT2D eigenvalue weighted by Gasteiger charge is -1.97. The highest BCUT2D eigenvalue weighted by atomic mass is 79.9. The molecule has 4 heteroatoms. The van der Waals surface area contributed by atoms with Crippen LogP contribution >= 0.6 is 27.5 Å². The number of rotatable bonds is 3. The van der Waals surface area contributed by atoms with Crippen LogP contribution in [0.3, 0.4) is 0 Å². The maximum Gasteiger partial charge on any atom is 0.238 e. The van der Waals surface area contributed by atoms with Crippen LogP contribution in [0.4, 0.5) is 0 Å². The Balaban J connectivity index is 1.87. The summed E-state index contributed by atoms with van der Waals surface area (Å²) in [4.78, 5) is 4.23. The van der Waals surface area contributed by atoms with Crippen molar-refractivity contribution >= 4 is 38.6 Å². The van der Waals surface area contributed by atoms with E-state index in [4.69, 9.17) is 16.0 Å². The van der Waals surface area contributed by atoms with Gasteiger partial charge in [-0.3, -0.25) is 0 Å². The van der Waals surface area contributed by atoms with Crippen molar-refractivity contribution in [3.05, 3.63) is 76.7 Å². The van der Waals surface area contributed by atoms with Crippen LogP contribution in [0.25, 0.3) is 22.4 Å². The molecule has 1 aromatic heterocycles. The van der Waals surface area contributed by atoms with Crippen molar-refractivity contribution in [2.45, 2.75) is 0 Å². The smallest absolute Gasteiger partial charge is 0.238 e. The minimum atomic E-state index is 0.415. The third-order valence-corrected chi connectivity index (χ3v) is 3.73. The first-order chi connectivity index (χ1) is 10.2. The standard InChI is InChI=1S/C17H11BrClNO/c18-14-8-6-12(7-9-14)10-15(19)17-20-11-16(21-17)13-4-2-1-3-5-13/h1-11H. The Morgan fingerprint density at radius 2 is 1.76 bits per heavy atom. The van der Waals surface area contributed by atoms with Crippen molar-refractivity contribution in [2.75, 3.05) is 0 Å². The Morgan fingerprint density at radius 1 is 1.05 bits per heavy atom. The van der Waals surface area contributed by atoms with Crippen LogP contribution in [0.2, 0.25) is 0 Å². The summed E-state index contributed by atoms with van der Waals surface area (Å²) in [6.45, 7) is 0. The number of oxazole rings is 1. The fourth-order valence-electron chi connectivity index (χ4n) is 1.89. The first kappa shape index (κ1) is 14.1.